The minimum absolute atomic E-state index is 0.0289. The van der Waals surface area contributed by atoms with Crippen molar-refractivity contribution in [1.82, 2.24) is 9.62 Å². The number of ether oxygens (including phenoxy) is 1. The highest BCUT2D eigenvalue weighted by Gasteiger charge is 2.34. The molecular weight excluding hydrogens is 430 g/mol. The van der Waals surface area contributed by atoms with Crippen LogP contribution in [0.2, 0.25) is 0 Å². The van der Waals surface area contributed by atoms with Gasteiger partial charge in [-0.2, -0.15) is 0 Å². The Morgan fingerprint density at radius 1 is 1.16 bits per heavy atom. The van der Waals surface area contributed by atoms with Gasteiger partial charge in [0.1, 0.15) is 0 Å². The molecule has 1 fully saturated rings. The zero-order chi connectivity index (χ0) is 23.1. The molecule has 3 rings (SSSR count). The summed E-state index contributed by atoms with van der Waals surface area (Å²) in [6.07, 6.45) is 0.919. The summed E-state index contributed by atoms with van der Waals surface area (Å²) >= 11 is 0. The van der Waals surface area contributed by atoms with Crippen LogP contribution in [0.5, 0.6) is 0 Å². The lowest BCUT2D eigenvalue weighted by Crippen LogP contribution is -2.35. The van der Waals surface area contributed by atoms with E-state index >= 15 is 0 Å². The third-order valence-corrected chi connectivity index (χ3v) is 6.91. The van der Waals surface area contributed by atoms with Gasteiger partial charge >= 0.3 is 0 Å². The van der Waals surface area contributed by atoms with Gasteiger partial charge in [0.05, 0.1) is 17.4 Å². The van der Waals surface area contributed by atoms with E-state index in [0.29, 0.717) is 18.8 Å². The van der Waals surface area contributed by atoms with Crippen LogP contribution in [-0.4, -0.2) is 58.0 Å². The van der Waals surface area contributed by atoms with E-state index in [-0.39, 0.29) is 35.8 Å². The van der Waals surface area contributed by atoms with Crippen molar-refractivity contribution in [2.75, 3.05) is 32.1 Å². The SMILES string of the molecule is COC[C@H](C)NS(=O)(=O)c1ccc(NC(=O)[C@@H]2CC(=O)N(CCc3ccccc3)C2)cc1. The number of carbonyl (C=O) groups excluding carboxylic acids is 2. The lowest BCUT2D eigenvalue weighted by atomic mass is 10.1. The number of rotatable bonds is 10. The Hall–Kier alpha value is -2.75. The van der Waals surface area contributed by atoms with E-state index < -0.39 is 15.9 Å². The zero-order valence-corrected chi connectivity index (χ0v) is 19.1. The number of carbonyl (C=O) groups is 2. The maximum Gasteiger partial charge on any atom is 0.240 e. The molecule has 2 amide bonds. The summed E-state index contributed by atoms with van der Waals surface area (Å²) in [5, 5.41) is 2.79. The van der Waals surface area contributed by atoms with E-state index in [9.17, 15) is 18.0 Å². The van der Waals surface area contributed by atoms with Crippen molar-refractivity contribution in [3.63, 3.8) is 0 Å². The highest BCUT2D eigenvalue weighted by atomic mass is 32.2. The monoisotopic (exact) mass is 459 g/mol. The first kappa shape index (κ1) is 23.9. The van der Waals surface area contributed by atoms with Crippen molar-refractivity contribution in [3.05, 3.63) is 60.2 Å². The summed E-state index contributed by atoms with van der Waals surface area (Å²) in [6, 6.07) is 15.5. The number of likely N-dealkylation sites (tertiary alicyclic amines) is 1. The lowest BCUT2D eigenvalue weighted by Gasteiger charge is -2.17. The second-order valence-corrected chi connectivity index (χ2v) is 9.68. The predicted molar refractivity (Wildman–Crippen MR) is 122 cm³/mol. The van der Waals surface area contributed by atoms with Crippen LogP contribution in [0.4, 0.5) is 5.69 Å². The number of benzene rings is 2. The molecule has 0 saturated carbocycles. The van der Waals surface area contributed by atoms with Gasteiger partial charge in [-0.15, -0.1) is 0 Å². The summed E-state index contributed by atoms with van der Waals surface area (Å²) in [4.78, 5) is 26.8. The molecule has 8 nitrogen and oxygen atoms in total. The number of amides is 2. The molecule has 2 aromatic carbocycles. The molecule has 0 aliphatic carbocycles. The van der Waals surface area contributed by atoms with E-state index in [0.717, 1.165) is 12.0 Å². The Bertz CT molecular complexity index is 1030. The maximum absolute atomic E-state index is 12.6. The fraction of sp³-hybridized carbons (Fsp3) is 0.391. The van der Waals surface area contributed by atoms with Crippen LogP contribution in [0.1, 0.15) is 18.9 Å². The van der Waals surface area contributed by atoms with Crippen molar-refractivity contribution >= 4 is 27.5 Å². The smallest absolute Gasteiger partial charge is 0.240 e. The Balaban J connectivity index is 1.54. The van der Waals surface area contributed by atoms with Crippen molar-refractivity contribution < 1.29 is 22.7 Å². The van der Waals surface area contributed by atoms with Gasteiger partial charge in [0.15, 0.2) is 0 Å². The van der Waals surface area contributed by atoms with Gasteiger partial charge in [0.2, 0.25) is 21.8 Å². The Morgan fingerprint density at radius 3 is 2.50 bits per heavy atom. The van der Waals surface area contributed by atoms with E-state index in [1.54, 1.807) is 11.8 Å². The van der Waals surface area contributed by atoms with Gasteiger partial charge in [-0.25, -0.2) is 13.1 Å². The summed E-state index contributed by atoms with van der Waals surface area (Å²) in [6.45, 7) is 2.93. The number of nitrogens with zero attached hydrogens (tertiary/aromatic N) is 1. The Kier molecular flexibility index (Phi) is 8.00. The molecule has 172 valence electrons. The summed E-state index contributed by atoms with van der Waals surface area (Å²) in [7, 11) is -2.18. The third-order valence-electron chi connectivity index (χ3n) is 5.30. The number of methoxy groups -OCH3 is 1. The van der Waals surface area contributed by atoms with Crippen LogP contribution in [0.25, 0.3) is 0 Å². The molecule has 0 unspecified atom stereocenters. The van der Waals surface area contributed by atoms with Crippen molar-refractivity contribution in [3.8, 4) is 0 Å². The van der Waals surface area contributed by atoms with Crippen molar-refractivity contribution in [2.45, 2.75) is 30.7 Å². The largest absolute Gasteiger partial charge is 0.383 e. The Labute approximate surface area is 189 Å². The Morgan fingerprint density at radius 2 is 1.84 bits per heavy atom. The molecule has 1 saturated heterocycles. The van der Waals surface area contributed by atoms with Crippen LogP contribution in [0, 0.1) is 5.92 Å². The summed E-state index contributed by atoms with van der Waals surface area (Å²) in [5.41, 5.74) is 1.63. The number of sulfonamides is 1. The van der Waals surface area contributed by atoms with Crippen LogP contribution in [0.3, 0.4) is 0 Å². The van der Waals surface area contributed by atoms with Gasteiger partial charge in [0, 0.05) is 38.3 Å². The van der Waals surface area contributed by atoms with Gasteiger partial charge in [-0.1, -0.05) is 30.3 Å². The molecule has 0 bridgehead atoms. The average Bonchev–Trinajstić information content (AvgIpc) is 3.14. The number of hydrogen-bond acceptors (Lipinski definition) is 5. The molecule has 2 N–H and O–H groups in total. The fourth-order valence-electron chi connectivity index (χ4n) is 3.65. The normalized spacial score (nSPS) is 17.4. The van der Waals surface area contributed by atoms with Gasteiger partial charge in [-0.3, -0.25) is 9.59 Å². The van der Waals surface area contributed by atoms with Crippen molar-refractivity contribution in [1.29, 1.82) is 0 Å². The number of nitrogens with one attached hydrogen (secondary N) is 2. The van der Waals surface area contributed by atoms with Gasteiger partial charge in [-0.05, 0) is 43.2 Å². The minimum Gasteiger partial charge on any atom is -0.383 e. The van der Waals surface area contributed by atoms with Crippen LogP contribution in [0.15, 0.2) is 59.5 Å². The third kappa shape index (κ3) is 6.38. The molecule has 1 aliphatic heterocycles. The number of anilines is 1. The van der Waals surface area contributed by atoms with E-state index in [4.69, 9.17) is 4.74 Å². The highest BCUT2D eigenvalue weighted by molar-refractivity contribution is 7.89. The van der Waals surface area contributed by atoms with Crippen LogP contribution < -0.4 is 10.0 Å². The second-order valence-electron chi connectivity index (χ2n) is 7.97. The zero-order valence-electron chi connectivity index (χ0n) is 18.3. The molecule has 0 spiro atoms. The highest BCUT2D eigenvalue weighted by Crippen LogP contribution is 2.21. The molecule has 9 heteroatoms. The average molecular weight is 460 g/mol. The predicted octanol–water partition coefficient (Wildman–Crippen LogP) is 2.03. The second kappa shape index (κ2) is 10.7. The standard InChI is InChI=1S/C23H29N3O5S/c1-17(16-31-2)25-32(29,30)21-10-8-20(9-11-21)24-23(28)19-14-22(27)26(15-19)13-12-18-6-4-3-5-7-18/h3-11,17,19,25H,12-16H2,1-2H3,(H,24,28)/t17-,19+/m0/s1. The van der Waals surface area contributed by atoms with E-state index in [2.05, 4.69) is 10.0 Å². The van der Waals surface area contributed by atoms with Gasteiger partial charge < -0.3 is 15.0 Å². The molecular formula is C23H29N3O5S. The first-order valence-corrected chi connectivity index (χ1v) is 12.0. The molecule has 2 atom stereocenters. The minimum atomic E-state index is -3.68. The van der Waals surface area contributed by atoms with E-state index in [1.165, 1.54) is 31.4 Å². The van der Waals surface area contributed by atoms with Gasteiger partial charge in [0.25, 0.3) is 0 Å². The molecule has 32 heavy (non-hydrogen) atoms. The summed E-state index contributed by atoms with van der Waals surface area (Å²) in [5.74, 6) is -0.708. The topological polar surface area (TPSA) is 105 Å². The quantitative estimate of drug-likeness (QED) is 0.566. The molecule has 2 aromatic rings. The van der Waals surface area contributed by atoms with Crippen LogP contribution >= 0.6 is 0 Å². The molecule has 0 radical (unpaired) electrons. The fourth-order valence-corrected chi connectivity index (χ4v) is 4.88. The lowest BCUT2D eigenvalue weighted by molar-refractivity contribution is -0.128. The number of hydrogen-bond donors (Lipinski definition) is 2. The first-order valence-electron chi connectivity index (χ1n) is 10.5. The first-order chi connectivity index (χ1) is 15.3. The van der Waals surface area contributed by atoms with Crippen molar-refractivity contribution in [2.24, 2.45) is 5.92 Å². The maximum atomic E-state index is 12.6. The van der Waals surface area contributed by atoms with E-state index in [1.807, 2.05) is 30.3 Å². The van der Waals surface area contributed by atoms with Crippen LogP contribution in [-0.2, 0) is 30.8 Å². The molecule has 0 aromatic heterocycles. The molecule has 1 heterocycles. The molecule has 1 aliphatic rings. The summed E-state index contributed by atoms with van der Waals surface area (Å²) < 4.78 is 32.3.